The molecule has 0 spiro atoms. The molecule has 6 nitrogen and oxygen atoms in total. The number of carbonyl (C=O) groups is 3. The van der Waals surface area contributed by atoms with E-state index >= 15 is 0 Å². The van der Waals surface area contributed by atoms with Gasteiger partial charge in [0.2, 0.25) is 0 Å². The van der Waals surface area contributed by atoms with Gasteiger partial charge in [0.15, 0.2) is 6.10 Å². The number of hydrogen-bond acceptors (Lipinski definition) is 6. The fraction of sp³-hybridized carbons (Fsp3) is 0.776. The first-order valence-electron chi connectivity index (χ1n) is 31.4. The molecule has 1 atom stereocenters. The molecule has 0 fully saturated rings. The Kier molecular flexibility index (Phi) is 58.7. The standard InChI is InChI=1S/C67H118O6/c1-4-7-10-13-16-18-20-22-24-26-28-30-32-33-35-36-38-40-42-44-46-48-51-54-57-60-66(69)72-63-64(62-71-65(68)59-56-53-50-15-12-9-6-3)73-67(70)61-58-55-52-49-47-45-43-41-39-37-34-31-29-27-25-23-21-19-17-14-11-8-5-2/h8,11,17,19,23,25-26,28-29,31,37,39,64H,4-7,9-10,12-16,18,20-22,24,27,30,32-36,38,40-63H2,1-3H3/b11-8-,19-17-,25-23-,28-26-,31-29-,39-37-. The third-order valence-electron chi connectivity index (χ3n) is 13.7. The van der Waals surface area contributed by atoms with E-state index in [9.17, 15) is 14.4 Å². The number of allylic oxidation sites excluding steroid dienone is 12. The van der Waals surface area contributed by atoms with Crippen LogP contribution in [0.5, 0.6) is 0 Å². The quantitative estimate of drug-likeness (QED) is 0.0261. The molecule has 0 aromatic rings. The third-order valence-corrected chi connectivity index (χ3v) is 13.7. The molecule has 0 aromatic carbocycles. The molecule has 0 saturated heterocycles. The molecule has 0 heterocycles. The zero-order chi connectivity index (χ0) is 52.9. The molecular weight excluding hydrogens is 901 g/mol. The zero-order valence-electron chi connectivity index (χ0n) is 48.4. The van der Waals surface area contributed by atoms with Gasteiger partial charge in [-0.3, -0.25) is 14.4 Å². The smallest absolute Gasteiger partial charge is 0.306 e. The van der Waals surface area contributed by atoms with Crippen molar-refractivity contribution in [1.29, 1.82) is 0 Å². The van der Waals surface area contributed by atoms with Gasteiger partial charge in [-0.1, -0.05) is 280 Å². The number of unbranched alkanes of at least 4 members (excludes halogenated alkanes) is 34. The van der Waals surface area contributed by atoms with Crippen LogP contribution in [0.4, 0.5) is 0 Å². The zero-order valence-corrected chi connectivity index (χ0v) is 48.4. The molecular formula is C67H118O6. The predicted molar refractivity (Wildman–Crippen MR) is 316 cm³/mol. The normalized spacial score (nSPS) is 12.5. The van der Waals surface area contributed by atoms with Crippen molar-refractivity contribution in [1.82, 2.24) is 0 Å². The van der Waals surface area contributed by atoms with Gasteiger partial charge in [0.1, 0.15) is 13.2 Å². The summed E-state index contributed by atoms with van der Waals surface area (Å²) in [6.07, 6.45) is 79.3. The van der Waals surface area contributed by atoms with Gasteiger partial charge in [-0.15, -0.1) is 0 Å². The first kappa shape index (κ1) is 69.8. The van der Waals surface area contributed by atoms with Crippen molar-refractivity contribution in [2.45, 2.75) is 322 Å². The fourth-order valence-corrected chi connectivity index (χ4v) is 9.00. The molecule has 0 aliphatic rings. The Balaban J connectivity index is 4.15. The first-order chi connectivity index (χ1) is 36.0. The minimum atomic E-state index is -0.779. The predicted octanol–water partition coefficient (Wildman–Crippen LogP) is 21.3. The Hall–Kier alpha value is -3.15. The van der Waals surface area contributed by atoms with Crippen LogP contribution < -0.4 is 0 Å². The van der Waals surface area contributed by atoms with Gasteiger partial charge in [-0.2, -0.15) is 0 Å². The van der Waals surface area contributed by atoms with E-state index in [0.717, 1.165) is 96.3 Å². The number of hydrogen-bond donors (Lipinski definition) is 0. The Morgan fingerprint density at radius 2 is 0.534 bits per heavy atom. The second kappa shape index (κ2) is 61.4. The summed E-state index contributed by atoms with van der Waals surface area (Å²) in [4.78, 5) is 38.1. The molecule has 422 valence electrons. The Labute approximate surface area is 453 Å². The van der Waals surface area contributed by atoms with Gasteiger partial charge in [-0.25, -0.2) is 0 Å². The summed E-state index contributed by atoms with van der Waals surface area (Å²) < 4.78 is 16.8. The third kappa shape index (κ3) is 59.6. The highest BCUT2D eigenvalue weighted by Gasteiger charge is 2.19. The van der Waals surface area contributed by atoms with Crippen molar-refractivity contribution in [3.8, 4) is 0 Å². The number of esters is 3. The molecule has 0 saturated carbocycles. The summed E-state index contributed by atoms with van der Waals surface area (Å²) >= 11 is 0. The molecule has 0 aromatic heterocycles. The Morgan fingerprint density at radius 3 is 0.849 bits per heavy atom. The summed E-state index contributed by atoms with van der Waals surface area (Å²) in [5.41, 5.74) is 0. The highest BCUT2D eigenvalue weighted by molar-refractivity contribution is 5.71. The van der Waals surface area contributed by atoms with Crippen molar-refractivity contribution < 1.29 is 28.6 Å². The van der Waals surface area contributed by atoms with Crippen LogP contribution in [0.3, 0.4) is 0 Å². The largest absolute Gasteiger partial charge is 0.462 e. The highest BCUT2D eigenvalue weighted by atomic mass is 16.6. The summed E-state index contributed by atoms with van der Waals surface area (Å²) in [6.45, 7) is 6.51. The topological polar surface area (TPSA) is 78.9 Å². The van der Waals surface area contributed by atoms with Crippen LogP contribution in [0, 0.1) is 0 Å². The van der Waals surface area contributed by atoms with E-state index < -0.39 is 6.10 Å². The fourth-order valence-electron chi connectivity index (χ4n) is 9.00. The maximum Gasteiger partial charge on any atom is 0.306 e. The van der Waals surface area contributed by atoms with Crippen LogP contribution in [-0.2, 0) is 28.6 Å². The van der Waals surface area contributed by atoms with E-state index in [1.165, 1.54) is 180 Å². The molecule has 0 bridgehead atoms. The number of carbonyl (C=O) groups excluding carboxylic acids is 3. The lowest BCUT2D eigenvalue weighted by molar-refractivity contribution is -0.167. The molecule has 0 aliphatic carbocycles. The molecule has 1 unspecified atom stereocenters. The van der Waals surface area contributed by atoms with Crippen LogP contribution in [0.25, 0.3) is 0 Å². The molecule has 73 heavy (non-hydrogen) atoms. The minimum Gasteiger partial charge on any atom is -0.462 e. The molecule has 0 amide bonds. The average Bonchev–Trinajstić information content (AvgIpc) is 3.39. The van der Waals surface area contributed by atoms with Gasteiger partial charge in [0.05, 0.1) is 0 Å². The van der Waals surface area contributed by atoms with Crippen LogP contribution in [0.15, 0.2) is 72.9 Å². The number of ether oxygens (including phenoxy) is 3. The van der Waals surface area contributed by atoms with Gasteiger partial charge in [-0.05, 0) is 89.9 Å². The van der Waals surface area contributed by atoms with Crippen LogP contribution in [0.2, 0.25) is 0 Å². The van der Waals surface area contributed by atoms with Crippen LogP contribution in [-0.4, -0.2) is 37.2 Å². The summed E-state index contributed by atoms with van der Waals surface area (Å²) in [5, 5.41) is 0. The molecule has 0 N–H and O–H groups in total. The van der Waals surface area contributed by atoms with E-state index in [1.54, 1.807) is 0 Å². The lowest BCUT2D eigenvalue weighted by atomic mass is 10.0. The second-order valence-electron chi connectivity index (χ2n) is 20.9. The van der Waals surface area contributed by atoms with E-state index in [4.69, 9.17) is 14.2 Å². The molecule has 0 rings (SSSR count). The maximum absolute atomic E-state index is 12.9. The average molecular weight is 1020 g/mol. The minimum absolute atomic E-state index is 0.0777. The Morgan fingerprint density at radius 1 is 0.288 bits per heavy atom. The van der Waals surface area contributed by atoms with E-state index in [2.05, 4.69) is 93.7 Å². The highest BCUT2D eigenvalue weighted by Crippen LogP contribution is 2.16. The second-order valence-corrected chi connectivity index (χ2v) is 20.9. The summed E-state index contributed by atoms with van der Waals surface area (Å²) in [5.74, 6) is -0.884. The molecule has 6 heteroatoms. The molecule has 0 aliphatic heterocycles. The summed E-state index contributed by atoms with van der Waals surface area (Å²) in [7, 11) is 0. The lowest BCUT2D eigenvalue weighted by Crippen LogP contribution is -2.30. The van der Waals surface area contributed by atoms with E-state index in [0.29, 0.717) is 19.3 Å². The van der Waals surface area contributed by atoms with Gasteiger partial charge in [0.25, 0.3) is 0 Å². The van der Waals surface area contributed by atoms with Gasteiger partial charge >= 0.3 is 17.9 Å². The SMILES string of the molecule is CC/C=C\C/C=C\C/C=C\C/C=C\C/C=C\CCCCCCCCCC(=O)OC(COC(=O)CCCCCCCCC)COC(=O)CCCCCCCCCCCCCCC/C=C\CCCCCCCCCC. The first-order valence-corrected chi connectivity index (χ1v) is 31.4. The Bertz CT molecular complexity index is 1360. The molecule has 0 radical (unpaired) electrons. The van der Waals surface area contributed by atoms with E-state index in [-0.39, 0.29) is 31.1 Å². The van der Waals surface area contributed by atoms with Crippen molar-refractivity contribution in [3.05, 3.63) is 72.9 Å². The van der Waals surface area contributed by atoms with E-state index in [1.807, 2.05) is 0 Å². The van der Waals surface area contributed by atoms with Crippen LogP contribution in [0.1, 0.15) is 316 Å². The maximum atomic E-state index is 12.9. The van der Waals surface area contributed by atoms with Gasteiger partial charge in [0, 0.05) is 19.3 Å². The van der Waals surface area contributed by atoms with Crippen molar-refractivity contribution in [2.75, 3.05) is 13.2 Å². The van der Waals surface area contributed by atoms with Crippen molar-refractivity contribution in [3.63, 3.8) is 0 Å². The lowest BCUT2D eigenvalue weighted by Gasteiger charge is -2.18. The number of rotatable bonds is 57. The van der Waals surface area contributed by atoms with Gasteiger partial charge < -0.3 is 14.2 Å². The van der Waals surface area contributed by atoms with Crippen LogP contribution >= 0.6 is 0 Å². The monoisotopic (exact) mass is 1020 g/mol. The summed E-state index contributed by atoms with van der Waals surface area (Å²) in [6, 6.07) is 0. The van der Waals surface area contributed by atoms with Crippen molar-refractivity contribution >= 4 is 17.9 Å². The van der Waals surface area contributed by atoms with Crippen molar-refractivity contribution in [2.24, 2.45) is 0 Å².